The lowest BCUT2D eigenvalue weighted by Gasteiger charge is -2.25. The molecular formula is C13H16BrNO. The summed E-state index contributed by atoms with van der Waals surface area (Å²) >= 11 is 3.47. The number of halogens is 1. The molecule has 16 heavy (non-hydrogen) atoms. The maximum atomic E-state index is 5.31. The Morgan fingerprint density at radius 1 is 1.31 bits per heavy atom. The Hall–Kier alpha value is -0.640. The minimum atomic E-state index is 0.866. The van der Waals surface area contributed by atoms with Gasteiger partial charge in [-0.3, -0.25) is 4.90 Å². The van der Waals surface area contributed by atoms with Crippen molar-refractivity contribution in [2.75, 3.05) is 32.8 Å². The lowest BCUT2D eigenvalue weighted by Crippen LogP contribution is -2.36. The predicted molar refractivity (Wildman–Crippen MR) is 70.4 cm³/mol. The van der Waals surface area contributed by atoms with Gasteiger partial charge in [-0.2, -0.15) is 0 Å². The van der Waals surface area contributed by atoms with Crippen molar-refractivity contribution in [1.29, 1.82) is 0 Å². The Kier molecular flexibility index (Phi) is 4.57. The van der Waals surface area contributed by atoms with E-state index < -0.39 is 0 Å². The summed E-state index contributed by atoms with van der Waals surface area (Å²) in [6.45, 7) is 4.83. The van der Waals surface area contributed by atoms with E-state index in [1.54, 1.807) is 0 Å². The van der Waals surface area contributed by atoms with Crippen molar-refractivity contribution < 1.29 is 4.74 Å². The van der Waals surface area contributed by atoms with Crippen LogP contribution in [0.2, 0.25) is 0 Å². The van der Waals surface area contributed by atoms with Gasteiger partial charge in [-0.1, -0.05) is 40.2 Å². The second-order valence-electron chi connectivity index (χ2n) is 3.87. The number of morpholine rings is 1. The molecule has 86 valence electrons. The highest BCUT2D eigenvalue weighted by atomic mass is 79.9. The summed E-state index contributed by atoms with van der Waals surface area (Å²) in [6, 6.07) is 8.33. The van der Waals surface area contributed by atoms with Crippen LogP contribution in [0.15, 0.2) is 34.8 Å². The zero-order chi connectivity index (χ0) is 11.2. The molecule has 1 saturated heterocycles. The number of hydrogen-bond acceptors (Lipinski definition) is 2. The van der Waals surface area contributed by atoms with Gasteiger partial charge in [-0.05, 0) is 17.7 Å². The Morgan fingerprint density at radius 3 is 2.88 bits per heavy atom. The summed E-state index contributed by atoms with van der Waals surface area (Å²) < 4.78 is 6.43. The molecule has 0 aliphatic carbocycles. The van der Waals surface area contributed by atoms with E-state index >= 15 is 0 Å². The molecule has 0 spiro atoms. The van der Waals surface area contributed by atoms with Crippen LogP contribution < -0.4 is 0 Å². The van der Waals surface area contributed by atoms with Crippen LogP contribution in [0.1, 0.15) is 5.56 Å². The average molecular weight is 282 g/mol. The first-order valence-electron chi connectivity index (χ1n) is 5.57. The van der Waals surface area contributed by atoms with E-state index in [1.165, 1.54) is 5.56 Å². The fraction of sp³-hybridized carbons (Fsp3) is 0.385. The van der Waals surface area contributed by atoms with Crippen LogP contribution in [0.4, 0.5) is 0 Å². The molecule has 0 aromatic heterocycles. The second kappa shape index (κ2) is 6.18. The molecule has 1 aliphatic heterocycles. The topological polar surface area (TPSA) is 12.5 Å². The number of rotatable bonds is 3. The minimum Gasteiger partial charge on any atom is -0.379 e. The van der Waals surface area contributed by atoms with Gasteiger partial charge < -0.3 is 4.74 Å². The smallest absolute Gasteiger partial charge is 0.0594 e. The summed E-state index contributed by atoms with van der Waals surface area (Å²) in [6.07, 6.45) is 4.38. The molecule has 1 fully saturated rings. The Bertz CT molecular complexity index is 359. The van der Waals surface area contributed by atoms with Gasteiger partial charge in [-0.15, -0.1) is 0 Å². The molecule has 0 bridgehead atoms. The summed E-state index contributed by atoms with van der Waals surface area (Å²) in [4.78, 5) is 2.40. The third-order valence-electron chi connectivity index (χ3n) is 2.63. The number of ether oxygens (including phenoxy) is 1. The van der Waals surface area contributed by atoms with Crippen molar-refractivity contribution >= 4 is 22.0 Å². The first kappa shape index (κ1) is 11.8. The monoisotopic (exact) mass is 281 g/mol. The van der Waals surface area contributed by atoms with Gasteiger partial charge in [0.1, 0.15) is 0 Å². The molecular weight excluding hydrogens is 266 g/mol. The van der Waals surface area contributed by atoms with Crippen molar-refractivity contribution in [3.05, 3.63) is 40.4 Å². The van der Waals surface area contributed by atoms with Crippen LogP contribution in [-0.4, -0.2) is 37.7 Å². The molecule has 0 N–H and O–H groups in total. The molecule has 3 heteroatoms. The highest BCUT2D eigenvalue weighted by Crippen LogP contribution is 2.12. The van der Waals surface area contributed by atoms with E-state index in [4.69, 9.17) is 4.74 Å². The SMILES string of the molecule is Brc1cccc(/C=C/CN2CCOCC2)c1. The Labute approximate surface area is 105 Å². The van der Waals surface area contributed by atoms with Gasteiger partial charge in [0.15, 0.2) is 0 Å². The molecule has 1 aromatic rings. The maximum Gasteiger partial charge on any atom is 0.0594 e. The number of benzene rings is 1. The van der Waals surface area contributed by atoms with E-state index in [0.29, 0.717) is 0 Å². The summed E-state index contributed by atoms with van der Waals surface area (Å²) in [5.41, 5.74) is 1.24. The third-order valence-corrected chi connectivity index (χ3v) is 3.12. The second-order valence-corrected chi connectivity index (χ2v) is 4.79. The van der Waals surface area contributed by atoms with E-state index in [-0.39, 0.29) is 0 Å². The van der Waals surface area contributed by atoms with Crippen molar-refractivity contribution in [1.82, 2.24) is 4.90 Å². The third kappa shape index (κ3) is 3.74. The molecule has 0 unspecified atom stereocenters. The van der Waals surface area contributed by atoms with Crippen molar-refractivity contribution in [2.24, 2.45) is 0 Å². The van der Waals surface area contributed by atoms with E-state index in [1.807, 2.05) is 6.07 Å². The summed E-state index contributed by atoms with van der Waals surface area (Å²) in [5, 5.41) is 0. The Balaban J connectivity index is 1.84. The maximum absolute atomic E-state index is 5.31. The largest absolute Gasteiger partial charge is 0.379 e. The predicted octanol–water partition coefficient (Wildman–Crippen LogP) is 2.79. The number of nitrogens with zero attached hydrogens (tertiary/aromatic N) is 1. The lowest BCUT2D eigenvalue weighted by molar-refractivity contribution is 0.0435. The van der Waals surface area contributed by atoms with E-state index in [0.717, 1.165) is 37.3 Å². The van der Waals surface area contributed by atoms with Crippen LogP contribution in [0.5, 0.6) is 0 Å². The standard InChI is InChI=1S/C13H16BrNO/c14-13-5-1-3-12(11-13)4-2-6-15-7-9-16-10-8-15/h1-5,11H,6-10H2/b4-2+. The van der Waals surface area contributed by atoms with E-state index in [2.05, 4.69) is 51.2 Å². The molecule has 0 amide bonds. The zero-order valence-electron chi connectivity index (χ0n) is 9.23. The molecule has 0 saturated carbocycles. The fourth-order valence-electron chi connectivity index (χ4n) is 1.73. The first-order valence-corrected chi connectivity index (χ1v) is 6.36. The quantitative estimate of drug-likeness (QED) is 0.845. The number of hydrogen-bond donors (Lipinski definition) is 0. The van der Waals surface area contributed by atoms with Crippen molar-refractivity contribution in [3.63, 3.8) is 0 Å². The van der Waals surface area contributed by atoms with Crippen molar-refractivity contribution in [3.8, 4) is 0 Å². The average Bonchev–Trinajstić information content (AvgIpc) is 2.30. The molecule has 1 aromatic carbocycles. The van der Waals surface area contributed by atoms with Crippen LogP contribution in [0.25, 0.3) is 6.08 Å². The van der Waals surface area contributed by atoms with Gasteiger partial charge in [0.2, 0.25) is 0 Å². The van der Waals surface area contributed by atoms with E-state index in [9.17, 15) is 0 Å². The highest BCUT2D eigenvalue weighted by Gasteiger charge is 2.07. The highest BCUT2D eigenvalue weighted by molar-refractivity contribution is 9.10. The van der Waals surface area contributed by atoms with Gasteiger partial charge in [0.25, 0.3) is 0 Å². The molecule has 2 nitrogen and oxygen atoms in total. The molecule has 1 aliphatic rings. The minimum absolute atomic E-state index is 0.866. The van der Waals surface area contributed by atoms with Gasteiger partial charge >= 0.3 is 0 Å². The Morgan fingerprint density at radius 2 is 2.12 bits per heavy atom. The van der Waals surface area contributed by atoms with Gasteiger partial charge in [-0.25, -0.2) is 0 Å². The molecule has 0 atom stereocenters. The summed E-state index contributed by atoms with van der Waals surface area (Å²) in [5.74, 6) is 0. The molecule has 2 rings (SSSR count). The van der Waals surface area contributed by atoms with Crippen LogP contribution in [0.3, 0.4) is 0 Å². The lowest BCUT2D eigenvalue weighted by atomic mass is 10.2. The normalized spacial score (nSPS) is 18.1. The van der Waals surface area contributed by atoms with Crippen molar-refractivity contribution in [2.45, 2.75) is 0 Å². The first-order chi connectivity index (χ1) is 7.84. The van der Waals surface area contributed by atoms with Crippen LogP contribution in [-0.2, 0) is 4.74 Å². The fourth-order valence-corrected chi connectivity index (χ4v) is 2.15. The molecule has 0 radical (unpaired) electrons. The van der Waals surface area contributed by atoms with Crippen LogP contribution >= 0.6 is 15.9 Å². The summed E-state index contributed by atoms with van der Waals surface area (Å²) in [7, 11) is 0. The van der Waals surface area contributed by atoms with Gasteiger partial charge in [0, 0.05) is 24.1 Å². The molecule has 1 heterocycles. The zero-order valence-corrected chi connectivity index (χ0v) is 10.8. The van der Waals surface area contributed by atoms with Gasteiger partial charge in [0.05, 0.1) is 13.2 Å². The van der Waals surface area contributed by atoms with Crippen LogP contribution in [0, 0.1) is 0 Å².